The largest absolute Gasteiger partial charge is 0.277 e. The van der Waals surface area contributed by atoms with Crippen LogP contribution >= 0.6 is 0 Å². The lowest BCUT2D eigenvalue weighted by Gasteiger charge is -2.03. The van der Waals surface area contributed by atoms with E-state index in [0.717, 1.165) is 23.9 Å². The van der Waals surface area contributed by atoms with Crippen molar-refractivity contribution in [3.05, 3.63) is 41.2 Å². The van der Waals surface area contributed by atoms with Crippen molar-refractivity contribution in [2.24, 2.45) is 0 Å². The number of aromatic nitrogens is 3. The highest BCUT2D eigenvalue weighted by Crippen LogP contribution is 2.25. The van der Waals surface area contributed by atoms with Gasteiger partial charge in [-0.2, -0.15) is 8.78 Å². The molecule has 0 spiro atoms. The van der Waals surface area contributed by atoms with Crippen molar-refractivity contribution >= 4 is 0 Å². The molecule has 1 aliphatic heterocycles. The molecule has 0 fully saturated rings. The SMILES string of the molecule is Fc1c(F)c(F)c(-n2c[n+]3c(n2)CCCCC3)c(F)c1F. The van der Waals surface area contributed by atoms with Gasteiger partial charge in [-0.1, -0.05) is 4.68 Å². The van der Waals surface area contributed by atoms with Gasteiger partial charge in [0, 0.05) is 11.5 Å². The molecule has 0 radical (unpaired) electrons. The summed E-state index contributed by atoms with van der Waals surface area (Å²) in [5.41, 5.74) is -1.05. The van der Waals surface area contributed by atoms with Crippen LogP contribution in [0.3, 0.4) is 0 Å². The fraction of sp³-hybridized carbons (Fsp3) is 0.385. The van der Waals surface area contributed by atoms with Gasteiger partial charge in [0.05, 0.1) is 6.54 Å². The summed E-state index contributed by atoms with van der Waals surface area (Å²) in [6.07, 6.45) is 4.61. The fourth-order valence-corrected chi connectivity index (χ4v) is 2.43. The van der Waals surface area contributed by atoms with E-state index < -0.39 is 34.8 Å². The first-order chi connectivity index (χ1) is 10.0. The van der Waals surface area contributed by atoms with Crippen molar-refractivity contribution in [2.75, 3.05) is 0 Å². The molecule has 0 saturated carbocycles. The number of rotatable bonds is 1. The maximum atomic E-state index is 13.7. The summed E-state index contributed by atoms with van der Waals surface area (Å²) in [5.74, 6) is -9.32. The molecule has 8 heteroatoms. The van der Waals surface area contributed by atoms with Crippen LogP contribution in [0.2, 0.25) is 0 Å². The average molecular weight is 304 g/mol. The summed E-state index contributed by atoms with van der Waals surface area (Å²) in [6.45, 7) is 0.602. The van der Waals surface area contributed by atoms with Gasteiger partial charge in [-0.3, -0.25) is 0 Å². The molecule has 0 aliphatic carbocycles. The lowest BCUT2D eigenvalue weighted by atomic mass is 10.2. The van der Waals surface area contributed by atoms with E-state index in [1.54, 1.807) is 4.57 Å². The molecule has 0 atom stereocenters. The Morgan fingerprint density at radius 1 is 0.857 bits per heavy atom. The average Bonchev–Trinajstić information content (AvgIpc) is 2.73. The Labute approximate surface area is 116 Å². The Hall–Kier alpha value is -1.99. The van der Waals surface area contributed by atoms with Crippen LogP contribution < -0.4 is 4.57 Å². The zero-order valence-corrected chi connectivity index (χ0v) is 10.8. The van der Waals surface area contributed by atoms with E-state index in [9.17, 15) is 22.0 Å². The number of nitrogens with zero attached hydrogens (tertiary/aromatic N) is 3. The van der Waals surface area contributed by atoms with Crippen LogP contribution in [0.1, 0.15) is 25.1 Å². The molecule has 0 unspecified atom stereocenters. The first-order valence-electron chi connectivity index (χ1n) is 6.50. The van der Waals surface area contributed by atoms with E-state index in [0.29, 0.717) is 18.8 Å². The lowest BCUT2D eigenvalue weighted by molar-refractivity contribution is -0.703. The molecular weight excluding hydrogens is 293 g/mol. The Balaban J connectivity index is 2.17. The number of fused-ring (bicyclic) bond motifs is 1. The van der Waals surface area contributed by atoms with Crippen molar-refractivity contribution in [1.82, 2.24) is 9.78 Å². The minimum atomic E-state index is -2.17. The quantitative estimate of drug-likeness (QED) is 0.343. The third kappa shape index (κ3) is 2.18. The fourth-order valence-electron chi connectivity index (χ4n) is 2.43. The van der Waals surface area contributed by atoms with E-state index in [-0.39, 0.29) is 0 Å². The number of aryl methyl sites for hydroxylation is 2. The monoisotopic (exact) mass is 304 g/mol. The minimum Gasteiger partial charge on any atom is -0.234 e. The Bertz CT molecular complexity index is 658. The molecule has 0 bridgehead atoms. The Morgan fingerprint density at radius 3 is 2.14 bits per heavy atom. The summed E-state index contributed by atoms with van der Waals surface area (Å²) in [4.78, 5) is 0. The van der Waals surface area contributed by atoms with Crippen molar-refractivity contribution in [3.8, 4) is 5.69 Å². The van der Waals surface area contributed by atoms with Crippen molar-refractivity contribution in [2.45, 2.75) is 32.2 Å². The molecule has 2 aromatic rings. The first-order valence-corrected chi connectivity index (χ1v) is 6.50. The maximum Gasteiger partial charge on any atom is 0.277 e. The molecule has 21 heavy (non-hydrogen) atoms. The van der Waals surface area contributed by atoms with Gasteiger partial charge in [0.25, 0.3) is 5.82 Å². The van der Waals surface area contributed by atoms with Gasteiger partial charge in [-0.25, -0.2) is 17.7 Å². The van der Waals surface area contributed by atoms with Crippen molar-refractivity contribution in [3.63, 3.8) is 0 Å². The van der Waals surface area contributed by atoms with Crippen LogP contribution in [-0.2, 0) is 13.0 Å². The summed E-state index contributed by atoms with van der Waals surface area (Å²) in [6, 6.07) is 0. The standard InChI is InChI=1S/C13H11F5N3/c14-8-9(15)11(17)13(12(18)10(8)16)21-6-20-5-3-1-2-4-7(20)19-21/h6H,1-5H2/q+1. The molecule has 1 aliphatic rings. The second-order valence-electron chi connectivity index (χ2n) is 4.90. The lowest BCUT2D eigenvalue weighted by Crippen LogP contribution is -2.34. The molecule has 0 saturated heterocycles. The van der Waals surface area contributed by atoms with Crippen LogP contribution in [0.25, 0.3) is 5.69 Å². The van der Waals surface area contributed by atoms with E-state index in [1.165, 1.54) is 6.33 Å². The predicted molar refractivity (Wildman–Crippen MR) is 61.1 cm³/mol. The Kier molecular flexibility index (Phi) is 3.38. The van der Waals surface area contributed by atoms with Crippen LogP contribution in [-0.4, -0.2) is 9.78 Å². The molecular formula is C13H11F5N3+. The highest BCUT2D eigenvalue weighted by atomic mass is 19.2. The highest BCUT2D eigenvalue weighted by molar-refractivity contribution is 5.36. The number of hydrogen-bond donors (Lipinski definition) is 0. The molecule has 3 rings (SSSR count). The molecule has 3 nitrogen and oxygen atoms in total. The van der Waals surface area contributed by atoms with Crippen LogP contribution in [0.5, 0.6) is 0 Å². The number of halogens is 5. The summed E-state index contributed by atoms with van der Waals surface area (Å²) < 4.78 is 69.4. The van der Waals surface area contributed by atoms with Gasteiger partial charge in [0.2, 0.25) is 41.1 Å². The summed E-state index contributed by atoms with van der Waals surface area (Å²) >= 11 is 0. The van der Waals surface area contributed by atoms with E-state index in [2.05, 4.69) is 5.10 Å². The second-order valence-corrected chi connectivity index (χ2v) is 4.90. The van der Waals surface area contributed by atoms with Crippen molar-refractivity contribution in [1.29, 1.82) is 0 Å². The normalized spacial score (nSPS) is 14.9. The molecule has 112 valence electrons. The molecule has 0 amide bonds. The smallest absolute Gasteiger partial charge is 0.234 e. The Morgan fingerprint density at radius 2 is 1.48 bits per heavy atom. The zero-order valence-electron chi connectivity index (χ0n) is 10.8. The third-order valence-electron chi connectivity index (χ3n) is 3.52. The van der Waals surface area contributed by atoms with Crippen molar-refractivity contribution < 1.29 is 26.5 Å². The second kappa shape index (κ2) is 5.09. The summed E-state index contributed by atoms with van der Waals surface area (Å²) in [7, 11) is 0. The maximum absolute atomic E-state index is 13.7. The van der Waals surface area contributed by atoms with E-state index in [1.807, 2.05) is 0 Å². The van der Waals surface area contributed by atoms with Crippen LogP contribution in [0.4, 0.5) is 22.0 Å². The van der Waals surface area contributed by atoms with Crippen LogP contribution in [0.15, 0.2) is 6.33 Å². The first kappa shape index (κ1) is 14.0. The molecule has 2 heterocycles. The zero-order chi connectivity index (χ0) is 15.1. The van der Waals surface area contributed by atoms with Crippen LogP contribution in [0, 0.1) is 29.1 Å². The predicted octanol–water partition coefficient (Wildman–Crippen LogP) is 2.58. The van der Waals surface area contributed by atoms with E-state index >= 15 is 0 Å². The van der Waals surface area contributed by atoms with Gasteiger partial charge >= 0.3 is 0 Å². The molecule has 1 aromatic carbocycles. The number of benzene rings is 1. The van der Waals surface area contributed by atoms with Gasteiger partial charge in [-0.15, -0.1) is 0 Å². The van der Waals surface area contributed by atoms with Gasteiger partial charge in [0.1, 0.15) is 0 Å². The van der Waals surface area contributed by atoms with E-state index in [4.69, 9.17) is 0 Å². The van der Waals surface area contributed by atoms with Gasteiger partial charge < -0.3 is 0 Å². The van der Waals surface area contributed by atoms with Gasteiger partial charge in [-0.05, 0) is 19.3 Å². The summed E-state index contributed by atoms with van der Waals surface area (Å²) in [5, 5.41) is 3.96. The third-order valence-corrected chi connectivity index (χ3v) is 3.52. The number of hydrogen-bond acceptors (Lipinski definition) is 1. The topological polar surface area (TPSA) is 21.7 Å². The molecule has 0 N–H and O–H groups in total. The highest BCUT2D eigenvalue weighted by Gasteiger charge is 2.32. The molecule has 1 aromatic heterocycles. The van der Waals surface area contributed by atoms with Gasteiger partial charge in [0.15, 0.2) is 0 Å². The minimum absolute atomic E-state index is 0.566.